The lowest BCUT2D eigenvalue weighted by Crippen LogP contribution is -2.12. The third-order valence-corrected chi connectivity index (χ3v) is 6.41. The molecule has 0 spiro atoms. The molecule has 0 atom stereocenters. The number of benzene rings is 3. The van der Waals surface area contributed by atoms with Crippen molar-refractivity contribution in [3.05, 3.63) is 103 Å². The number of aromatic nitrogens is 4. The predicted molar refractivity (Wildman–Crippen MR) is 141 cm³/mol. The van der Waals surface area contributed by atoms with E-state index in [-0.39, 0.29) is 11.2 Å². The quantitative estimate of drug-likeness (QED) is 0.282. The predicted octanol–water partition coefficient (Wildman–Crippen LogP) is 7.80. The van der Waals surface area contributed by atoms with Gasteiger partial charge in [-0.15, -0.1) is 0 Å². The number of aromatic amines is 1. The van der Waals surface area contributed by atoms with Crippen LogP contribution in [0.1, 0.15) is 26.3 Å². The normalized spacial score (nSPS) is 11.9. The number of para-hydroxylation sites is 1. The monoisotopic (exact) mass is 476 g/mol. The van der Waals surface area contributed by atoms with Gasteiger partial charge in [0.05, 0.1) is 16.6 Å². The summed E-state index contributed by atoms with van der Waals surface area (Å²) in [6, 6.07) is 23.2. The molecule has 5 nitrogen and oxygen atoms in total. The van der Waals surface area contributed by atoms with E-state index in [9.17, 15) is 4.39 Å². The third-order valence-electron chi connectivity index (χ3n) is 6.41. The SMILES string of the molecule is CC(C)(C)c1ccnc(-n2c3ccccc3c3ccc(Oc4ccc(F)c(-c5ncc[nH]5)c4)cc32)c1. The summed E-state index contributed by atoms with van der Waals surface area (Å²) < 4.78 is 22.8. The first-order valence-electron chi connectivity index (χ1n) is 11.9. The molecule has 3 aromatic heterocycles. The molecule has 1 N–H and O–H groups in total. The van der Waals surface area contributed by atoms with Crippen LogP contribution < -0.4 is 4.74 Å². The molecule has 0 saturated carbocycles. The van der Waals surface area contributed by atoms with Gasteiger partial charge in [0.15, 0.2) is 0 Å². The van der Waals surface area contributed by atoms with E-state index in [1.54, 1.807) is 24.5 Å². The number of pyridine rings is 1. The molecule has 0 unspecified atom stereocenters. The molecular formula is C30H25FN4O. The minimum Gasteiger partial charge on any atom is -0.457 e. The zero-order valence-corrected chi connectivity index (χ0v) is 20.3. The van der Waals surface area contributed by atoms with Gasteiger partial charge < -0.3 is 9.72 Å². The Morgan fingerprint density at radius 3 is 2.39 bits per heavy atom. The van der Waals surface area contributed by atoms with Crippen LogP contribution in [0.25, 0.3) is 39.0 Å². The van der Waals surface area contributed by atoms with E-state index in [0.717, 1.165) is 27.6 Å². The van der Waals surface area contributed by atoms with Gasteiger partial charge in [-0.3, -0.25) is 4.57 Å². The summed E-state index contributed by atoms with van der Waals surface area (Å²) in [6.45, 7) is 6.59. The summed E-state index contributed by atoms with van der Waals surface area (Å²) in [4.78, 5) is 11.8. The first-order chi connectivity index (χ1) is 17.4. The fourth-order valence-corrected chi connectivity index (χ4v) is 4.57. The number of imidazole rings is 1. The minimum atomic E-state index is -0.363. The Labute approximate surface area is 208 Å². The molecule has 6 rings (SSSR count). The smallest absolute Gasteiger partial charge is 0.140 e. The molecule has 36 heavy (non-hydrogen) atoms. The van der Waals surface area contributed by atoms with Gasteiger partial charge in [-0.1, -0.05) is 39.0 Å². The topological polar surface area (TPSA) is 55.7 Å². The van der Waals surface area contributed by atoms with E-state index in [2.05, 4.69) is 65.6 Å². The zero-order chi connectivity index (χ0) is 24.9. The molecule has 0 bridgehead atoms. The second-order valence-corrected chi connectivity index (χ2v) is 9.87. The molecule has 6 aromatic rings. The maximum Gasteiger partial charge on any atom is 0.140 e. The third kappa shape index (κ3) is 3.81. The van der Waals surface area contributed by atoms with Gasteiger partial charge in [-0.2, -0.15) is 0 Å². The lowest BCUT2D eigenvalue weighted by Gasteiger charge is -2.20. The van der Waals surface area contributed by atoms with Gasteiger partial charge in [0.1, 0.15) is 29.0 Å². The van der Waals surface area contributed by atoms with Crippen molar-refractivity contribution in [2.75, 3.05) is 0 Å². The number of H-pyrrole nitrogens is 1. The average molecular weight is 477 g/mol. The molecule has 178 valence electrons. The highest BCUT2D eigenvalue weighted by Gasteiger charge is 2.18. The van der Waals surface area contributed by atoms with E-state index in [1.807, 2.05) is 30.5 Å². The number of nitrogens with zero attached hydrogens (tertiary/aromatic N) is 3. The van der Waals surface area contributed by atoms with E-state index in [1.165, 1.54) is 11.6 Å². The van der Waals surface area contributed by atoms with Crippen LogP contribution in [-0.2, 0) is 5.41 Å². The maximum atomic E-state index is 14.4. The summed E-state index contributed by atoms with van der Waals surface area (Å²) in [7, 11) is 0. The van der Waals surface area contributed by atoms with E-state index < -0.39 is 0 Å². The van der Waals surface area contributed by atoms with Crippen molar-refractivity contribution < 1.29 is 9.13 Å². The van der Waals surface area contributed by atoms with Crippen LogP contribution >= 0.6 is 0 Å². The summed E-state index contributed by atoms with van der Waals surface area (Å²) in [5.41, 5.74) is 3.63. The highest BCUT2D eigenvalue weighted by molar-refractivity contribution is 6.09. The van der Waals surface area contributed by atoms with Gasteiger partial charge in [-0.05, 0) is 59.5 Å². The Morgan fingerprint density at radius 1 is 0.806 bits per heavy atom. The second kappa shape index (κ2) is 8.34. The fourth-order valence-electron chi connectivity index (χ4n) is 4.57. The molecule has 0 radical (unpaired) electrons. The lowest BCUT2D eigenvalue weighted by atomic mass is 9.88. The number of fused-ring (bicyclic) bond motifs is 3. The first kappa shape index (κ1) is 22.0. The number of halogens is 1. The fraction of sp³-hybridized carbons (Fsp3) is 0.133. The van der Waals surface area contributed by atoms with Crippen LogP contribution in [-0.4, -0.2) is 19.5 Å². The van der Waals surface area contributed by atoms with E-state index >= 15 is 0 Å². The van der Waals surface area contributed by atoms with Crippen molar-refractivity contribution in [1.29, 1.82) is 0 Å². The van der Waals surface area contributed by atoms with Crippen molar-refractivity contribution in [3.8, 4) is 28.7 Å². The highest BCUT2D eigenvalue weighted by atomic mass is 19.1. The standard InChI is InChI=1S/C30H25FN4O/c1-30(2,3)19-12-13-32-28(16-19)35-26-7-5-4-6-22(26)23-10-8-21(18-27(23)35)36-20-9-11-25(31)24(17-20)29-33-14-15-34-29/h4-18H,1-3H3,(H,33,34). The van der Waals surface area contributed by atoms with Gasteiger partial charge >= 0.3 is 0 Å². The van der Waals surface area contributed by atoms with Crippen LogP contribution in [0.5, 0.6) is 11.5 Å². The zero-order valence-electron chi connectivity index (χ0n) is 20.3. The van der Waals surface area contributed by atoms with Crippen molar-refractivity contribution >= 4 is 21.8 Å². The van der Waals surface area contributed by atoms with Gasteiger partial charge in [0, 0.05) is 35.4 Å². The Hall–Kier alpha value is -4.45. The summed E-state index contributed by atoms with van der Waals surface area (Å²) in [5, 5.41) is 2.25. The molecule has 6 heteroatoms. The molecule has 3 aromatic carbocycles. The Bertz CT molecular complexity index is 1710. The minimum absolute atomic E-state index is 0.000988. The highest BCUT2D eigenvalue weighted by Crippen LogP contribution is 2.36. The average Bonchev–Trinajstić information content (AvgIpc) is 3.51. The van der Waals surface area contributed by atoms with Gasteiger partial charge in [-0.25, -0.2) is 14.4 Å². The Balaban J connectivity index is 1.49. The molecule has 0 aliphatic rings. The van der Waals surface area contributed by atoms with Crippen LogP contribution in [0.4, 0.5) is 4.39 Å². The summed E-state index contributed by atoms with van der Waals surface area (Å²) >= 11 is 0. The van der Waals surface area contributed by atoms with Crippen molar-refractivity contribution in [3.63, 3.8) is 0 Å². The molecule has 3 heterocycles. The number of hydrogen-bond donors (Lipinski definition) is 1. The second-order valence-electron chi connectivity index (χ2n) is 9.87. The number of ether oxygens (including phenoxy) is 1. The number of hydrogen-bond acceptors (Lipinski definition) is 3. The largest absolute Gasteiger partial charge is 0.457 e. The van der Waals surface area contributed by atoms with E-state index in [0.29, 0.717) is 22.9 Å². The molecule has 0 aliphatic heterocycles. The van der Waals surface area contributed by atoms with Gasteiger partial charge in [0.25, 0.3) is 0 Å². The van der Waals surface area contributed by atoms with Crippen molar-refractivity contribution in [2.45, 2.75) is 26.2 Å². The lowest BCUT2D eigenvalue weighted by molar-refractivity contribution is 0.481. The van der Waals surface area contributed by atoms with Crippen LogP contribution in [0, 0.1) is 5.82 Å². The number of nitrogens with one attached hydrogen (secondary N) is 1. The Kier molecular flexibility index (Phi) is 5.11. The number of rotatable bonds is 4. The van der Waals surface area contributed by atoms with Crippen molar-refractivity contribution in [1.82, 2.24) is 19.5 Å². The Morgan fingerprint density at radius 2 is 1.58 bits per heavy atom. The molecule has 0 aliphatic carbocycles. The first-order valence-corrected chi connectivity index (χ1v) is 11.9. The van der Waals surface area contributed by atoms with Crippen LogP contribution in [0.3, 0.4) is 0 Å². The van der Waals surface area contributed by atoms with Gasteiger partial charge in [0.2, 0.25) is 0 Å². The maximum absolute atomic E-state index is 14.4. The molecular weight excluding hydrogens is 451 g/mol. The van der Waals surface area contributed by atoms with E-state index in [4.69, 9.17) is 9.72 Å². The molecule has 0 fully saturated rings. The molecule has 0 saturated heterocycles. The molecule has 0 amide bonds. The summed E-state index contributed by atoms with van der Waals surface area (Å²) in [5.74, 6) is 2.12. The van der Waals surface area contributed by atoms with Crippen LogP contribution in [0.2, 0.25) is 0 Å². The summed E-state index contributed by atoms with van der Waals surface area (Å²) in [6.07, 6.45) is 5.13. The van der Waals surface area contributed by atoms with Crippen molar-refractivity contribution in [2.24, 2.45) is 0 Å². The van der Waals surface area contributed by atoms with Crippen LogP contribution in [0.15, 0.2) is 91.4 Å².